The maximum Gasteiger partial charge on any atom is 0.308 e. The number of anilines is 2. The number of thiazole rings is 1. The average Bonchev–Trinajstić information content (AvgIpc) is 3.44. The molecule has 0 radical (unpaired) electrons. The lowest BCUT2D eigenvalue weighted by molar-refractivity contribution is -0.122. The molecule has 3 atom stereocenters. The van der Waals surface area contributed by atoms with E-state index in [1.54, 1.807) is 56.7 Å². The Morgan fingerprint density at radius 3 is 2.31 bits per heavy atom. The second kappa shape index (κ2) is 11.1. The van der Waals surface area contributed by atoms with Gasteiger partial charge in [-0.15, -0.1) is 0 Å². The highest BCUT2D eigenvalue weighted by atomic mass is 32.2. The highest BCUT2D eigenvalue weighted by Crippen LogP contribution is 2.55. The summed E-state index contributed by atoms with van der Waals surface area (Å²) < 4.78 is 12.3. The van der Waals surface area contributed by atoms with E-state index in [2.05, 4.69) is 5.32 Å². The summed E-state index contributed by atoms with van der Waals surface area (Å²) in [4.78, 5) is 55.9. The van der Waals surface area contributed by atoms with Gasteiger partial charge < -0.3 is 14.8 Å². The number of carbonyl (C=O) groups is 3. The molecule has 42 heavy (non-hydrogen) atoms. The predicted molar refractivity (Wildman–Crippen MR) is 162 cm³/mol. The molecule has 6 rings (SSSR count). The first kappa shape index (κ1) is 27.8. The Morgan fingerprint density at radius 1 is 0.905 bits per heavy atom. The maximum atomic E-state index is 14.1. The Labute approximate surface area is 250 Å². The minimum atomic E-state index is -0.803. The fourth-order valence-electron chi connectivity index (χ4n) is 5.48. The van der Waals surface area contributed by atoms with Crippen LogP contribution in [0, 0.1) is 12.8 Å². The molecule has 11 heteroatoms. The van der Waals surface area contributed by atoms with Crippen LogP contribution < -0.4 is 24.6 Å². The number of carbonyl (C=O) groups excluding carboxylic acids is 3. The largest absolute Gasteiger partial charge is 0.497 e. The Kier molecular flexibility index (Phi) is 7.38. The molecule has 1 fully saturated rings. The quantitative estimate of drug-likeness (QED) is 0.307. The van der Waals surface area contributed by atoms with Gasteiger partial charge in [-0.1, -0.05) is 59.0 Å². The molecule has 0 spiro atoms. The van der Waals surface area contributed by atoms with Crippen molar-refractivity contribution in [1.29, 1.82) is 0 Å². The van der Waals surface area contributed by atoms with Gasteiger partial charge in [0.15, 0.2) is 0 Å². The summed E-state index contributed by atoms with van der Waals surface area (Å²) in [6, 6.07) is 21.4. The number of hydrogen-bond acceptors (Lipinski definition) is 8. The van der Waals surface area contributed by atoms with E-state index in [9.17, 15) is 19.2 Å². The Balaban J connectivity index is 1.42. The summed E-state index contributed by atoms with van der Waals surface area (Å²) in [5, 5.41) is 2.55. The van der Waals surface area contributed by atoms with E-state index in [4.69, 9.17) is 9.47 Å². The summed E-state index contributed by atoms with van der Waals surface area (Å²) in [6.45, 7) is 1.72. The molecule has 3 unspecified atom stereocenters. The monoisotopic (exact) mass is 601 g/mol. The van der Waals surface area contributed by atoms with Crippen molar-refractivity contribution >= 4 is 52.2 Å². The smallest absolute Gasteiger partial charge is 0.308 e. The topological polar surface area (TPSA) is 107 Å². The van der Waals surface area contributed by atoms with Crippen LogP contribution in [0.2, 0.25) is 0 Å². The molecular weight excluding hydrogens is 574 g/mol. The number of methoxy groups -OCH3 is 2. The zero-order chi connectivity index (χ0) is 29.5. The molecule has 9 nitrogen and oxygen atoms in total. The first-order valence-electron chi connectivity index (χ1n) is 13.2. The highest BCUT2D eigenvalue weighted by molar-refractivity contribution is 8.00. The Hall–Kier alpha value is -4.35. The van der Waals surface area contributed by atoms with Crippen molar-refractivity contribution in [3.8, 4) is 11.5 Å². The van der Waals surface area contributed by atoms with E-state index in [0.717, 1.165) is 16.9 Å². The summed E-state index contributed by atoms with van der Waals surface area (Å²) in [5.41, 5.74) is 2.82. The van der Waals surface area contributed by atoms with Crippen LogP contribution in [0.25, 0.3) is 0 Å². The van der Waals surface area contributed by atoms with Crippen LogP contribution in [0.3, 0.4) is 0 Å². The normalized spacial score (nSPS) is 19.3. The molecule has 4 aromatic rings. The van der Waals surface area contributed by atoms with Gasteiger partial charge in [0.2, 0.25) is 17.7 Å². The van der Waals surface area contributed by atoms with Gasteiger partial charge in [-0.25, -0.2) is 4.90 Å². The molecule has 3 aromatic carbocycles. The molecule has 3 heterocycles. The molecular formula is C31H27N3O6S2. The minimum Gasteiger partial charge on any atom is -0.497 e. The van der Waals surface area contributed by atoms with Gasteiger partial charge in [-0.05, 0) is 49.4 Å². The van der Waals surface area contributed by atoms with E-state index in [1.807, 2.05) is 37.3 Å². The van der Waals surface area contributed by atoms with E-state index >= 15 is 0 Å². The number of fused-ring (bicyclic) bond motifs is 2. The van der Waals surface area contributed by atoms with Gasteiger partial charge in [0, 0.05) is 22.0 Å². The van der Waals surface area contributed by atoms with Gasteiger partial charge in [-0.3, -0.25) is 23.7 Å². The van der Waals surface area contributed by atoms with Crippen LogP contribution in [-0.2, 0) is 20.9 Å². The third-order valence-electron chi connectivity index (χ3n) is 7.49. The van der Waals surface area contributed by atoms with Crippen LogP contribution in [-0.4, -0.2) is 41.8 Å². The second-order valence-electron chi connectivity index (χ2n) is 10.0. The molecule has 2 aliphatic rings. The lowest BCUT2D eigenvalue weighted by Gasteiger charge is -2.31. The van der Waals surface area contributed by atoms with Crippen LogP contribution in [0.15, 0.2) is 82.6 Å². The number of para-hydroxylation sites is 1. The van der Waals surface area contributed by atoms with E-state index in [-0.39, 0.29) is 29.1 Å². The van der Waals surface area contributed by atoms with E-state index < -0.39 is 17.1 Å². The molecule has 214 valence electrons. The number of imide groups is 1. The predicted octanol–water partition coefficient (Wildman–Crippen LogP) is 4.67. The Bertz CT molecular complexity index is 1750. The van der Waals surface area contributed by atoms with Crippen LogP contribution >= 0.6 is 23.1 Å². The van der Waals surface area contributed by atoms with E-state index in [0.29, 0.717) is 38.3 Å². The summed E-state index contributed by atoms with van der Waals surface area (Å²) in [5.74, 6) is -1.35. The number of thioether (sulfide) groups is 1. The van der Waals surface area contributed by atoms with Crippen molar-refractivity contribution in [2.75, 3.05) is 24.4 Å². The molecule has 0 bridgehead atoms. The fourth-order valence-corrected chi connectivity index (χ4v) is 8.24. The van der Waals surface area contributed by atoms with Gasteiger partial charge in [-0.2, -0.15) is 0 Å². The fraction of sp³-hybridized carbons (Fsp3) is 0.226. The first-order chi connectivity index (χ1) is 20.3. The standard InChI is InChI=1S/C31H27N3O6S2/c1-17-8-10-18(11-9-17)32-23(35)16-33-30-27(42-31(33)38)24(21-6-4-5-7-22(21)40-3)25-26(41-30)29(37)34(28(25)36)19-12-14-20(39-2)15-13-19/h4-15,24-26H,16H2,1-3H3,(H,32,35). The molecule has 3 amide bonds. The number of hydrogen-bond donors (Lipinski definition) is 1. The molecule has 1 N–H and O–H groups in total. The van der Waals surface area contributed by atoms with Crippen molar-refractivity contribution in [3.63, 3.8) is 0 Å². The van der Waals surface area contributed by atoms with Gasteiger partial charge in [0.25, 0.3) is 0 Å². The van der Waals surface area contributed by atoms with Crippen LogP contribution in [0.5, 0.6) is 11.5 Å². The molecule has 2 aliphatic heterocycles. The third-order valence-corrected chi connectivity index (χ3v) is 10.1. The number of amides is 3. The zero-order valence-corrected chi connectivity index (χ0v) is 24.7. The third kappa shape index (κ3) is 4.78. The summed E-state index contributed by atoms with van der Waals surface area (Å²) in [6.07, 6.45) is 0. The number of aromatic nitrogens is 1. The van der Waals surface area contributed by atoms with Crippen molar-refractivity contribution in [1.82, 2.24) is 4.57 Å². The van der Waals surface area contributed by atoms with Gasteiger partial charge in [0.1, 0.15) is 23.3 Å². The maximum absolute atomic E-state index is 14.1. The van der Waals surface area contributed by atoms with Gasteiger partial charge >= 0.3 is 4.87 Å². The van der Waals surface area contributed by atoms with Gasteiger partial charge in [0.05, 0.1) is 30.9 Å². The number of ether oxygens (including phenoxy) is 2. The second-order valence-corrected chi connectivity index (χ2v) is 12.2. The number of aryl methyl sites for hydroxylation is 1. The van der Waals surface area contributed by atoms with Crippen molar-refractivity contribution in [2.45, 2.75) is 29.7 Å². The van der Waals surface area contributed by atoms with Crippen LogP contribution in [0.1, 0.15) is 21.9 Å². The molecule has 1 aromatic heterocycles. The number of nitrogens with one attached hydrogen (secondary N) is 1. The molecule has 0 saturated carbocycles. The van der Waals surface area contributed by atoms with Crippen molar-refractivity contribution < 1.29 is 23.9 Å². The summed E-state index contributed by atoms with van der Waals surface area (Å²) in [7, 11) is 3.09. The lowest BCUT2D eigenvalue weighted by Crippen LogP contribution is -2.33. The number of benzene rings is 3. The first-order valence-corrected chi connectivity index (χ1v) is 14.9. The summed E-state index contributed by atoms with van der Waals surface area (Å²) >= 11 is 2.17. The molecule has 1 saturated heterocycles. The molecule has 0 aliphatic carbocycles. The van der Waals surface area contributed by atoms with Crippen molar-refractivity contribution in [3.05, 3.63) is 98.5 Å². The lowest BCUT2D eigenvalue weighted by atomic mass is 9.82. The zero-order valence-electron chi connectivity index (χ0n) is 23.0. The highest BCUT2D eigenvalue weighted by Gasteiger charge is 2.57. The number of nitrogens with zero attached hydrogens (tertiary/aromatic N) is 2. The Morgan fingerprint density at radius 2 is 1.62 bits per heavy atom. The SMILES string of the molecule is COc1ccc(N2C(=O)C3Sc4c(sc(=O)n4CC(=O)Nc4ccc(C)cc4)C(c4ccccc4OC)C3C2=O)cc1. The minimum absolute atomic E-state index is 0.230. The van der Waals surface area contributed by atoms with Crippen molar-refractivity contribution in [2.24, 2.45) is 5.92 Å². The average molecular weight is 602 g/mol. The van der Waals surface area contributed by atoms with E-state index in [1.165, 1.54) is 21.2 Å². The number of rotatable bonds is 7. The van der Waals surface area contributed by atoms with Crippen LogP contribution in [0.4, 0.5) is 11.4 Å².